The lowest BCUT2D eigenvalue weighted by Crippen LogP contribution is -2.16. The van der Waals surface area contributed by atoms with Crippen molar-refractivity contribution in [2.24, 2.45) is 11.8 Å². The normalized spacial score (nSPS) is 25.6. The quantitative estimate of drug-likeness (QED) is 0.309. The van der Waals surface area contributed by atoms with E-state index >= 15 is 0 Å². The Labute approximate surface area is 133 Å². The summed E-state index contributed by atoms with van der Waals surface area (Å²) in [5, 5.41) is 0. The van der Waals surface area contributed by atoms with E-state index in [-0.39, 0.29) is 0 Å². The Bertz CT molecular complexity index is 226. The van der Waals surface area contributed by atoms with Gasteiger partial charge in [-0.05, 0) is 31.1 Å². The highest BCUT2D eigenvalue weighted by Gasteiger charge is 2.34. The summed E-state index contributed by atoms with van der Waals surface area (Å²) < 4.78 is 14.1. The second-order valence-electron chi connectivity index (χ2n) is 7.28. The van der Waals surface area contributed by atoms with Gasteiger partial charge < -0.3 is 0 Å². The zero-order valence-electron chi connectivity index (χ0n) is 14.7. The Morgan fingerprint density at radius 3 is 1.81 bits per heavy atom. The molecule has 1 fully saturated rings. The Kier molecular flexibility index (Phi) is 11.3. The molecule has 126 valence electrons. The number of rotatable bonds is 13. The van der Waals surface area contributed by atoms with Crippen LogP contribution in [0.2, 0.25) is 0 Å². The van der Waals surface area contributed by atoms with Crippen LogP contribution in [0.15, 0.2) is 0 Å². The summed E-state index contributed by atoms with van der Waals surface area (Å²) in [6, 6.07) is 0. The molecule has 21 heavy (non-hydrogen) atoms. The van der Waals surface area contributed by atoms with Gasteiger partial charge in [-0.25, -0.2) is 4.39 Å². The number of alkyl halides is 1. The number of hydrogen-bond donors (Lipinski definition) is 0. The van der Waals surface area contributed by atoms with Crippen LogP contribution in [-0.4, -0.2) is 6.17 Å². The predicted molar refractivity (Wildman–Crippen MR) is 92.5 cm³/mol. The molecule has 1 aliphatic carbocycles. The summed E-state index contributed by atoms with van der Waals surface area (Å²) in [7, 11) is 0. The molecule has 1 unspecified atom stereocenters. The third kappa shape index (κ3) is 8.21. The smallest absolute Gasteiger partial charge is 0.103 e. The molecule has 1 aliphatic rings. The third-order valence-electron chi connectivity index (χ3n) is 5.45. The Hall–Kier alpha value is -0.0700. The van der Waals surface area contributed by atoms with Gasteiger partial charge in [0, 0.05) is 0 Å². The minimum absolute atomic E-state index is 0.405. The minimum Gasteiger partial charge on any atom is -0.247 e. The van der Waals surface area contributed by atoms with Crippen LogP contribution in [0.4, 0.5) is 4.39 Å². The highest BCUT2D eigenvalue weighted by atomic mass is 19.1. The standard InChI is InChI=1S/C20H39F/c1-3-5-7-9-11-12-14-18-16-17-20(21)19(18)15-13-10-8-6-4-2/h18-20H,3-17H2,1-2H3/t18-,19+,20?/m0/s1. The second kappa shape index (κ2) is 12.5. The monoisotopic (exact) mass is 298 g/mol. The molecule has 0 heterocycles. The molecule has 3 atom stereocenters. The fraction of sp³-hybridized carbons (Fsp3) is 1.00. The van der Waals surface area contributed by atoms with Gasteiger partial charge >= 0.3 is 0 Å². The van der Waals surface area contributed by atoms with Crippen molar-refractivity contribution in [1.82, 2.24) is 0 Å². The lowest BCUT2D eigenvalue weighted by atomic mass is 9.86. The molecular weight excluding hydrogens is 259 g/mol. The van der Waals surface area contributed by atoms with Crippen LogP contribution in [0.1, 0.15) is 110 Å². The molecule has 1 rings (SSSR count). The molecule has 0 aromatic rings. The molecule has 0 N–H and O–H groups in total. The van der Waals surface area contributed by atoms with Crippen molar-refractivity contribution < 1.29 is 4.39 Å². The molecule has 0 radical (unpaired) electrons. The van der Waals surface area contributed by atoms with Crippen LogP contribution in [0, 0.1) is 11.8 Å². The van der Waals surface area contributed by atoms with E-state index in [4.69, 9.17) is 0 Å². The number of unbranched alkanes of at least 4 members (excludes halogenated alkanes) is 9. The summed E-state index contributed by atoms with van der Waals surface area (Å²) in [5.74, 6) is 1.11. The summed E-state index contributed by atoms with van der Waals surface area (Å²) in [5.41, 5.74) is 0. The molecular formula is C20H39F. The van der Waals surface area contributed by atoms with E-state index in [0.717, 1.165) is 19.3 Å². The van der Waals surface area contributed by atoms with Gasteiger partial charge in [0.05, 0.1) is 0 Å². The van der Waals surface area contributed by atoms with Crippen molar-refractivity contribution in [3.63, 3.8) is 0 Å². The SMILES string of the molecule is CCCCCCCC[C@H]1CCC(F)[C@@H]1CCCCCCC. The van der Waals surface area contributed by atoms with Crippen molar-refractivity contribution in [3.8, 4) is 0 Å². The van der Waals surface area contributed by atoms with Gasteiger partial charge in [-0.3, -0.25) is 0 Å². The fourth-order valence-electron chi connectivity index (χ4n) is 4.04. The van der Waals surface area contributed by atoms with Gasteiger partial charge in [0.1, 0.15) is 6.17 Å². The third-order valence-corrected chi connectivity index (χ3v) is 5.45. The topological polar surface area (TPSA) is 0 Å². The second-order valence-corrected chi connectivity index (χ2v) is 7.28. The predicted octanol–water partition coefficient (Wildman–Crippen LogP) is 7.46. The zero-order chi connectivity index (χ0) is 15.3. The molecule has 0 spiro atoms. The molecule has 1 saturated carbocycles. The van der Waals surface area contributed by atoms with E-state index < -0.39 is 6.17 Å². The first-order chi connectivity index (χ1) is 10.3. The fourth-order valence-corrected chi connectivity index (χ4v) is 4.04. The van der Waals surface area contributed by atoms with Gasteiger partial charge in [-0.1, -0.05) is 90.9 Å². The first kappa shape index (κ1) is 19.0. The molecule has 0 bridgehead atoms. The van der Waals surface area contributed by atoms with Crippen molar-refractivity contribution in [2.75, 3.05) is 0 Å². The summed E-state index contributed by atoms with van der Waals surface area (Å²) in [4.78, 5) is 0. The number of halogens is 1. The van der Waals surface area contributed by atoms with Gasteiger partial charge in [-0.15, -0.1) is 0 Å². The van der Waals surface area contributed by atoms with E-state index in [2.05, 4.69) is 13.8 Å². The number of hydrogen-bond acceptors (Lipinski definition) is 0. The Morgan fingerprint density at radius 2 is 1.19 bits per heavy atom. The van der Waals surface area contributed by atoms with Crippen molar-refractivity contribution in [2.45, 2.75) is 116 Å². The lowest BCUT2D eigenvalue weighted by molar-refractivity contribution is 0.205. The van der Waals surface area contributed by atoms with Crippen LogP contribution in [0.3, 0.4) is 0 Å². The van der Waals surface area contributed by atoms with E-state index in [0.29, 0.717) is 11.8 Å². The zero-order valence-corrected chi connectivity index (χ0v) is 14.7. The summed E-state index contributed by atoms with van der Waals surface area (Å²) in [6.07, 6.45) is 18.8. The van der Waals surface area contributed by atoms with E-state index in [9.17, 15) is 4.39 Å². The molecule has 0 nitrogen and oxygen atoms in total. The van der Waals surface area contributed by atoms with Crippen LogP contribution in [0.5, 0.6) is 0 Å². The van der Waals surface area contributed by atoms with E-state index in [1.165, 1.54) is 77.0 Å². The molecule has 0 aromatic carbocycles. The maximum absolute atomic E-state index is 14.1. The van der Waals surface area contributed by atoms with Gasteiger partial charge in [0.15, 0.2) is 0 Å². The average Bonchev–Trinajstić information content (AvgIpc) is 2.83. The lowest BCUT2D eigenvalue weighted by Gasteiger charge is -2.21. The summed E-state index contributed by atoms with van der Waals surface area (Å²) >= 11 is 0. The van der Waals surface area contributed by atoms with Crippen molar-refractivity contribution in [1.29, 1.82) is 0 Å². The average molecular weight is 299 g/mol. The van der Waals surface area contributed by atoms with Gasteiger partial charge in [0.25, 0.3) is 0 Å². The van der Waals surface area contributed by atoms with Gasteiger partial charge in [-0.2, -0.15) is 0 Å². The molecule has 0 aliphatic heterocycles. The highest BCUT2D eigenvalue weighted by Crippen LogP contribution is 2.40. The molecule has 0 saturated heterocycles. The maximum Gasteiger partial charge on any atom is 0.103 e. The maximum atomic E-state index is 14.1. The van der Waals surface area contributed by atoms with Gasteiger partial charge in [0.2, 0.25) is 0 Å². The Morgan fingerprint density at radius 1 is 0.667 bits per heavy atom. The van der Waals surface area contributed by atoms with Crippen LogP contribution in [0.25, 0.3) is 0 Å². The van der Waals surface area contributed by atoms with Crippen LogP contribution < -0.4 is 0 Å². The van der Waals surface area contributed by atoms with Crippen LogP contribution in [-0.2, 0) is 0 Å². The highest BCUT2D eigenvalue weighted by molar-refractivity contribution is 4.84. The van der Waals surface area contributed by atoms with E-state index in [1.807, 2.05) is 0 Å². The summed E-state index contributed by atoms with van der Waals surface area (Å²) in [6.45, 7) is 4.52. The molecule has 0 aromatic heterocycles. The first-order valence-corrected chi connectivity index (χ1v) is 9.93. The van der Waals surface area contributed by atoms with Crippen molar-refractivity contribution >= 4 is 0 Å². The minimum atomic E-state index is -0.485. The first-order valence-electron chi connectivity index (χ1n) is 9.93. The molecule has 0 amide bonds. The van der Waals surface area contributed by atoms with E-state index in [1.54, 1.807) is 0 Å². The largest absolute Gasteiger partial charge is 0.247 e. The molecule has 1 heteroatoms. The Balaban J connectivity index is 2.10. The van der Waals surface area contributed by atoms with Crippen LogP contribution >= 0.6 is 0 Å². The van der Waals surface area contributed by atoms with Crippen molar-refractivity contribution in [3.05, 3.63) is 0 Å².